The Labute approximate surface area is 813 Å². The van der Waals surface area contributed by atoms with Crippen LogP contribution in [0.15, 0.2) is 479 Å². The molecule has 0 aliphatic rings. The maximum absolute atomic E-state index is 5.21. The van der Waals surface area contributed by atoms with E-state index in [0.29, 0.717) is 52.4 Å². The molecule has 0 radical (unpaired) electrons. The molecule has 12 heteroatoms. The van der Waals surface area contributed by atoms with E-state index in [1.54, 1.807) is 0 Å². The van der Waals surface area contributed by atoms with Crippen molar-refractivity contribution in [3.63, 3.8) is 0 Å². The summed E-state index contributed by atoms with van der Waals surface area (Å²) in [5, 5.41) is 17.2. The van der Waals surface area contributed by atoms with Gasteiger partial charge < -0.3 is 0 Å². The van der Waals surface area contributed by atoms with Crippen molar-refractivity contribution >= 4 is 138 Å². The molecule has 0 saturated carbocycles. The number of rotatable bonds is 14. The van der Waals surface area contributed by atoms with E-state index in [4.69, 9.17) is 44.9 Å². The monoisotopic (exact) mass is 1830 g/mol. The molecule has 139 heavy (non-hydrogen) atoms. The topological polar surface area (TPSA) is 116 Å². The van der Waals surface area contributed by atoms with Crippen LogP contribution in [0.25, 0.3) is 262 Å². The van der Waals surface area contributed by atoms with Crippen LogP contribution in [0.4, 0.5) is 0 Å². The van der Waals surface area contributed by atoms with Crippen molar-refractivity contribution < 1.29 is 0 Å². The van der Waals surface area contributed by atoms with Gasteiger partial charge in [0.15, 0.2) is 52.4 Å². The smallest absolute Gasteiger partial charge is 0.164 e. The molecular weight excluding hydrogens is 1750 g/mol. The third-order valence-corrected chi connectivity index (χ3v) is 29.6. The third kappa shape index (κ3) is 16.1. The molecular formula is C127H79N9S3. The van der Waals surface area contributed by atoms with E-state index in [1.165, 1.54) is 143 Å². The van der Waals surface area contributed by atoms with Gasteiger partial charge in [-0.3, -0.25) is 0 Å². The van der Waals surface area contributed by atoms with Crippen molar-refractivity contribution in [2.24, 2.45) is 0 Å². The molecule has 0 fully saturated rings. The number of benzene rings is 21. The number of hydrogen-bond donors (Lipinski definition) is 0. The Morgan fingerprint density at radius 3 is 0.748 bits per heavy atom. The van der Waals surface area contributed by atoms with Gasteiger partial charge in [0, 0.05) is 111 Å². The number of hydrogen-bond acceptors (Lipinski definition) is 12. The van der Waals surface area contributed by atoms with Crippen LogP contribution in [0.2, 0.25) is 0 Å². The first-order valence-corrected chi connectivity index (χ1v) is 48.9. The van der Waals surface area contributed by atoms with Gasteiger partial charge in [-0.25, -0.2) is 44.9 Å². The van der Waals surface area contributed by atoms with Crippen LogP contribution in [0.1, 0.15) is 0 Å². The van der Waals surface area contributed by atoms with Gasteiger partial charge in [0.05, 0.1) is 0 Å². The van der Waals surface area contributed by atoms with Crippen molar-refractivity contribution in [1.82, 2.24) is 44.9 Å². The SMILES string of the molecule is c1ccc(-c2ccc(-c3ccc(-c4nc(-c5ccccc5)nc(-c5cccc6sc7c8ccccc8ccc7c56)n4)cc3)cc2)cc1.c1ccc(-c2ccc(-c3ccc(-c4nc(-c5ccccc5)nc(-c5cccc6sc7ccc8ccccc8c7c56)n4)cc3)cc2)cc1.c1ccc(-c2ccc(-c3nc(-c4ccccc4)nc(-c4cc5ccccc5c5sc6ccc7ccccc7c6c45)n3)cc2)cc1. The number of thiophene rings is 3. The van der Waals surface area contributed by atoms with E-state index in [-0.39, 0.29) is 0 Å². The zero-order valence-electron chi connectivity index (χ0n) is 74.9. The Hall–Kier alpha value is -17.7. The van der Waals surface area contributed by atoms with E-state index >= 15 is 0 Å². The largest absolute Gasteiger partial charge is 0.208 e. The average molecular weight is 1830 g/mol. The summed E-state index contributed by atoms with van der Waals surface area (Å²) < 4.78 is 7.51. The molecule has 0 atom stereocenters. The Kier molecular flexibility index (Phi) is 21.7. The molecule has 0 unspecified atom stereocenters. The molecule has 0 spiro atoms. The van der Waals surface area contributed by atoms with Crippen molar-refractivity contribution in [2.45, 2.75) is 0 Å². The molecule has 0 saturated heterocycles. The van der Waals surface area contributed by atoms with E-state index in [0.717, 1.165) is 66.8 Å². The molecule has 0 N–H and O–H groups in total. The lowest BCUT2D eigenvalue weighted by Crippen LogP contribution is -2.00. The van der Waals surface area contributed by atoms with Gasteiger partial charge in [-0.15, -0.1) is 34.0 Å². The van der Waals surface area contributed by atoms with Gasteiger partial charge in [0.2, 0.25) is 0 Å². The number of fused-ring (bicyclic) bond motifs is 17. The predicted octanol–water partition coefficient (Wildman–Crippen LogP) is 34.7. The lowest BCUT2D eigenvalue weighted by atomic mass is 9.97. The second-order valence-electron chi connectivity index (χ2n) is 34.5. The highest BCUT2D eigenvalue weighted by molar-refractivity contribution is 7.27. The van der Waals surface area contributed by atoms with Gasteiger partial charge in [0.25, 0.3) is 0 Å². The summed E-state index contributed by atoms with van der Waals surface area (Å²) in [4.78, 5) is 45.9. The maximum Gasteiger partial charge on any atom is 0.164 e. The normalized spacial score (nSPS) is 11.5. The molecule has 27 rings (SSSR count). The zero-order valence-corrected chi connectivity index (χ0v) is 77.3. The summed E-state index contributed by atoms with van der Waals surface area (Å²) in [5.41, 5.74) is 20.6. The minimum absolute atomic E-state index is 0.654. The Morgan fingerprint density at radius 1 is 0.122 bits per heavy atom. The Bertz CT molecular complexity index is 9310. The number of nitrogens with zero attached hydrogens (tertiary/aromatic N) is 9. The van der Waals surface area contributed by atoms with Crippen LogP contribution < -0.4 is 0 Å². The average Bonchev–Trinajstić information content (AvgIpc) is 1.62. The minimum Gasteiger partial charge on any atom is -0.208 e. The Balaban J connectivity index is 0.000000110. The van der Waals surface area contributed by atoms with Gasteiger partial charge >= 0.3 is 0 Å². The summed E-state index contributed by atoms with van der Waals surface area (Å²) in [5.74, 6) is 5.97. The molecule has 6 aromatic heterocycles. The van der Waals surface area contributed by atoms with Crippen molar-refractivity contribution in [3.8, 4) is 158 Å². The lowest BCUT2D eigenvalue weighted by molar-refractivity contribution is 1.08. The molecule has 0 bridgehead atoms. The predicted molar refractivity (Wildman–Crippen MR) is 584 cm³/mol. The van der Waals surface area contributed by atoms with Crippen molar-refractivity contribution in [2.75, 3.05) is 0 Å². The van der Waals surface area contributed by atoms with Gasteiger partial charge in [0.1, 0.15) is 0 Å². The lowest BCUT2D eigenvalue weighted by Gasteiger charge is -2.12. The van der Waals surface area contributed by atoms with Crippen LogP contribution in [-0.2, 0) is 0 Å². The van der Waals surface area contributed by atoms with Crippen LogP contribution in [0.3, 0.4) is 0 Å². The summed E-state index contributed by atoms with van der Waals surface area (Å²) >= 11 is 5.49. The fourth-order valence-corrected chi connectivity index (χ4v) is 22.8. The summed E-state index contributed by atoms with van der Waals surface area (Å²) in [7, 11) is 0. The van der Waals surface area contributed by atoms with E-state index in [1.807, 2.05) is 107 Å². The quantitative estimate of drug-likeness (QED) is 0.105. The first kappa shape index (κ1) is 83.2. The van der Waals surface area contributed by atoms with Crippen LogP contribution in [0.5, 0.6) is 0 Å². The van der Waals surface area contributed by atoms with Gasteiger partial charge in [-0.2, -0.15) is 0 Å². The summed E-state index contributed by atoms with van der Waals surface area (Å²) in [6.07, 6.45) is 0. The van der Waals surface area contributed by atoms with Crippen LogP contribution in [-0.4, -0.2) is 44.9 Å². The molecule has 0 aliphatic heterocycles. The molecule has 0 aliphatic carbocycles. The molecule has 27 aromatic rings. The van der Waals surface area contributed by atoms with E-state index < -0.39 is 0 Å². The Morgan fingerprint density at radius 2 is 0.367 bits per heavy atom. The third-order valence-electron chi connectivity index (χ3n) is 26.0. The molecule has 9 nitrogen and oxygen atoms in total. The first-order chi connectivity index (χ1) is 68.9. The highest BCUT2D eigenvalue weighted by atomic mass is 32.1. The standard InChI is InChI=1S/2C43H27N3S.C41H25N3S/c1-3-10-28(11-4-1)29-18-20-30(21-19-29)31-22-24-34(25-23-31)42-44-41(33-13-5-2-6-14-33)45-43(46-42)37-16-9-17-38-39(37)36-27-26-32-12-7-8-15-35(32)40(36)47-38;1-3-10-28(11-4-1)29-18-20-30(21-19-29)31-22-24-34(25-23-31)42-44-41(33-13-5-2-6-14-33)45-43(46-42)36-16-9-17-37-40(36)39-35-15-8-7-12-32(35)26-27-38(39)47-37;1-3-11-26(12-4-1)27-19-21-30(22-20-27)40-42-39(29-14-5-2-6-15-29)43-41(44-40)34-25-31-16-8-10-18-33(31)38-37(34)36-32-17-9-7-13-28(32)23-24-35(36)45-38/h2*1-27H;1-25H. The van der Waals surface area contributed by atoms with E-state index in [2.05, 4.69) is 406 Å². The molecule has 6 heterocycles. The summed E-state index contributed by atoms with van der Waals surface area (Å²) in [6.45, 7) is 0. The fourth-order valence-electron chi connectivity index (χ4n) is 19.1. The minimum atomic E-state index is 0.654. The summed E-state index contributed by atoms with van der Waals surface area (Å²) in [6, 6.07) is 168. The van der Waals surface area contributed by atoms with Crippen LogP contribution >= 0.6 is 34.0 Å². The molecule has 650 valence electrons. The van der Waals surface area contributed by atoms with Gasteiger partial charge in [-0.1, -0.05) is 449 Å². The first-order valence-electron chi connectivity index (χ1n) is 46.4. The van der Waals surface area contributed by atoms with Crippen LogP contribution in [0, 0.1) is 0 Å². The highest BCUT2D eigenvalue weighted by Gasteiger charge is 2.25. The van der Waals surface area contributed by atoms with E-state index in [9.17, 15) is 0 Å². The van der Waals surface area contributed by atoms with Crippen molar-refractivity contribution in [1.29, 1.82) is 0 Å². The number of aromatic nitrogens is 9. The maximum atomic E-state index is 5.21. The molecule has 21 aromatic carbocycles. The second-order valence-corrected chi connectivity index (χ2v) is 37.7. The highest BCUT2D eigenvalue weighted by Crippen LogP contribution is 2.49. The second kappa shape index (κ2) is 36.3. The zero-order chi connectivity index (χ0) is 92.1. The van der Waals surface area contributed by atoms with Crippen molar-refractivity contribution in [3.05, 3.63) is 479 Å². The van der Waals surface area contributed by atoms with Gasteiger partial charge in [-0.05, 0) is 129 Å². The molecule has 0 amide bonds. The fraction of sp³-hybridized carbons (Fsp3) is 0.